The predicted molar refractivity (Wildman–Crippen MR) is 55.6 cm³/mol. The molecule has 2 nitrogen and oxygen atoms in total. The largest absolute Gasteiger partial charge is 0.478 e. The fraction of sp³-hybridized carbons (Fsp3) is 0.875. The van der Waals surface area contributed by atoms with Crippen molar-refractivity contribution in [2.75, 3.05) is 26.1 Å². The molecule has 0 aliphatic carbocycles. The highest BCUT2D eigenvalue weighted by molar-refractivity contribution is 8.22. The van der Waals surface area contributed by atoms with Gasteiger partial charge in [0.25, 0.3) is 0 Å². The van der Waals surface area contributed by atoms with Crippen molar-refractivity contribution in [3.8, 4) is 0 Å². The first-order valence-corrected chi connectivity index (χ1v) is 5.74. The van der Waals surface area contributed by atoms with Crippen LogP contribution in [-0.4, -0.2) is 30.5 Å². The van der Waals surface area contributed by atoms with Gasteiger partial charge in [-0.1, -0.05) is 11.8 Å². The average Bonchev–Trinajstić information content (AvgIpc) is 2.16. The molecule has 1 heterocycles. The molecule has 0 N–H and O–H groups in total. The van der Waals surface area contributed by atoms with E-state index in [4.69, 9.17) is 21.7 Å². The Morgan fingerprint density at radius 1 is 1.58 bits per heavy atom. The zero-order chi connectivity index (χ0) is 8.81. The lowest BCUT2D eigenvalue weighted by Crippen LogP contribution is -2.20. The monoisotopic (exact) mass is 206 g/mol. The Kier molecular flexibility index (Phi) is 4.95. The summed E-state index contributed by atoms with van der Waals surface area (Å²) in [7, 11) is 0. The van der Waals surface area contributed by atoms with Crippen LogP contribution < -0.4 is 0 Å². The predicted octanol–water partition coefficient (Wildman–Crippen LogP) is 2.08. The minimum absolute atomic E-state index is 0.642. The third kappa shape index (κ3) is 3.74. The molecule has 0 radical (unpaired) electrons. The second-order valence-electron chi connectivity index (χ2n) is 2.82. The van der Waals surface area contributed by atoms with Crippen LogP contribution in [0.15, 0.2) is 0 Å². The van der Waals surface area contributed by atoms with Gasteiger partial charge in [0.05, 0.1) is 6.61 Å². The third-order valence-corrected chi connectivity index (χ3v) is 3.01. The van der Waals surface area contributed by atoms with E-state index in [9.17, 15) is 0 Å². The van der Waals surface area contributed by atoms with Crippen molar-refractivity contribution in [1.82, 2.24) is 0 Å². The Bertz CT molecular complexity index is 144. The maximum Gasteiger partial charge on any atom is 0.219 e. The lowest BCUT2D eigenvalue weighted by molar-refractivity contribution is 0.0491. The molecule has 0 aromatic rings. The number of hydrogen-bond donors (Lipinski definition) is 0. The average molecular weight is 206 g/mol. The van der Waals surface area contributed by atoms with Crippen molar-refractivity contribution in [3.63, 3.8) is 0 Å². The second-order valence-corrected chi connectivity index (χ2v) is 4.23. The smallest absolute Gasteiger partial charge is 0.219 e. The van der Waals surface area contributed by atoms with Crippen LogP contribution in [0, 0.1) is 5.92 Å². The van der Waals surface area contributed by atoms with Crippen LogP contribution in [0.2, 0.25) is 0 Å². The van der Waals surface area contributed by atoms with E-state index < -0.39 is 0 Å². The van der Waals surface area contributed by atoms with Crippen molar-refractivity contribution in [1.29, 1.82) is 0 Å². The van der Waals surface area contributed by atoms with Gasteiger partial charge in [0, 0.05) is 13.2 Å². The Labute approximate surface area is 83.0 Å². The van der Waals surface area contributed by atoms with E-state index in [1.165, 1.54) is 11.8 Å². The highest BCUT2D eigenvalue weighted by Gasteiger charge is 2.14. The summed E-state index contributed by atoms with van der Waals surface area (Å²) >= 11 is 6.42. The number of hydrogen-bond acceptors (Lipinski definition) is 4. The van der Waals surface area contributed by atoms with E-state index in [2.05, 4.69) is 0 Å². The molecular weight excluding hydrogens is 192 g/mol. The Balaban J connectivity index is 2.09. The van der Waals surface area contributed by atoms with E-state index in [-0.39, 0.29) is 0 Å². The molecule has 0 aromatic carbocycles. The van der Waals surface area contributed by atoms with Gasteiger partial charge < -0.3 is 9.47 Å². The molecule has 0 aromatic heterocycles. The standard InChI is InChI=1S/C8H14O2S2/c1-12-8(11)10-6-7-2-4-9-5-3-7/h7H,2-6H2,1H3. The van der Waals surface area contributed by atoms with Crippen LogP contribution in [0.4, 0.5) is 0 Å². The molecule has 70 valence electrons. The maximum absolute atomic E-state index is 5.37. The van der Waals surface area contributed by atoms with Gasteiger partial charge in [-0.25, -0.2) is 0 Å². The molecule has 1 aliphatic heterocycles. The SMILES string of the molecule is CSC(=S)OCC1CCOCC1. The van der Waals surface area contributed by atoms with Crippen LogP contribution in [0.25, 0.3) is 0 Å². The Hall–Kier alpha value is 0.200. The van der Waals surface area contributed by atoms with Gasteiger partial charge in [-0.15, -0.1) is 0 Å². The number of ether oxygens (including phenoxy) is 2. The summed E-state index contributed by atoms with van der Waals surface area (Å²) in [5.41, 5.74) is 0. The zero-order valence-corrected chi connectivity index (χ0v) is 8.88. The lowest BCUT2D eigenvalue weighted by Gasteiger charge is -2.21. The quantitative estimate of drug-likeness (QED) is 0.644. The summed E-state index contributed by atoms with van der Waals surface area (Å²) in [6.07, 6.45) is 4.15. The van der Waals surface area contributed by atoms with Gasteiger partial charge in [0.2, 0.25) is 4.38 Å². The topological polar surface area (TPSA) is 18.5 Å². The summed E-state index contributed by atoms with van der Waals surface area (Å²) in [4.78, 5) is 0. The molecular formula is C8H14O2S2. The van der Waals surface area contributed by atoms with E-state index in [1.54, 1.807) is 0 Å². The number of thioether (sulfide) groups is 1. The maximum atomic E-state index is 5.37. The van der Waals surface area contributed by atoms with E-state index >= 15 is 0 Å². The molecule has 0 saturated carbocycles. The van der Waals surface area contributed by atoms with Crippen LogP contribution in [0.5, 0.6) is 0 Å². The molecule has 0 spiro atoms. The first-order valence-electron chi connectivity index (χ1n) is 4.11. The minimum Gasteiger partial charge on any atom is -0.478 e. The van der Waals surface area contributed by atoms with Crippen molar-refractivity contribution in [3.05, 3.63) is 0 Å². The molecule has 1 fully saturated rings. The van der Waals surface area contributed by atoms with Crippen LogP contribution in [-0.2, 0) is 9.47 Å². The van der Waals surface area contributed by atoms with Gasteiger partial charge in [0.15, 0.2) is 0 Å². The van der Waals surface area contributed by atoms with Gasteiger partial charge in [-0.2, -0.15) is 0 Å². The summed E-state index contributed by atoms with van der Waals surface area (Å²) in [6, 6.07) is 0. The highest BCUT2D eigenvalue weighted by atomic mass is 32.2. The summed E-state index contributed by atoms with van der Waals surface area (Å²) < 4.78 is 11.3. The van der Waals surface area contributed by atoms with Gasteiger partial charge in [-0.3, -0.25) is 0 Å². The molecule has 1 saturated heterocycles. The number of rotatable bonds is 2. The molecule has 1 aliphatic rings. The Morgan fingerprint density at radius 3 is 2.83 bits per heavy atom. The normalized spacial score (nSPS) is 19.1. The molecule has 0 unspecified atom stereocenters. The molecule has 4 heteroatoms. The minimum atomic E-state index is 0.642. The summed E-state index contributed by atoms with van der Waals surface area (Å²) in [5.74, 6) is 0.642. The van der Waals surface area contributed by atoms with E-state index in [0.717, 1.165) is 32.7 Å². The number of thiocarbonyl (C=S) groups is 1. The fourth-order valence-electron chi connectivity index (χ4n) is 1.16. The van der Waals surface area contributed by atoms with Crippen LogP contribution in [0.1, 0.15) is 12.8 Å². The highest BCUT2D eigenvalue weighted by Crippen LogP contribution is 2.15. The Morgan fingerprint density at radius 2 is 2.25 bits per heavy atom. The lowest BCUT2D eigenvalue weighted by atomic mass is 10.0. The summed E-state index contributed by atoms with van der Waals surface area (Å²) in [5, 5.41) is 0. The van der Waals surface area contributed by atoms with Crippen molar-refractivity contribution >= 4 is 28.4 Å². The van der Waals surface area contributed by atoms with Crippen LogP contribution in [0.3, 0.4) is 0 Å². The van der Waals surface area contributed by atoms with Crippen molar-refractivity contribution in [2.24, 2.45) is 5.92 Å². The molecule has 0 bridgehead atoms. The van der Waals surface area contributed by atoms with Gasteiger partial charge in [-0.05, 0) is 37.2 Å². The molecule has 12 heavy (non-hydrogen) atoms. The van der Waals surface area contributed by atoms with Crippen molar-refractivity contribution in [2.45, 2.75) is 12.8 Å². The fourth-order valence-corrected chi connectivity index (χ4v) is 1.41. The first-order chi connectivity index (χ1) is 5.83. The third-order valence-electron chi connectivity index (χ3n) is 1.94. The van der Waals surface area contributed by atoms with Crippen LogP contribution >= 0.6 is 24.0 Å². The molecule has 0 amide bonds. The molecule has 0 atom stereocenters. The first kappa shape index (κ1) is 10.3. The van der Waals surface area contributed by atoms with E-state index in [1.807, 2.05) is 6.26 Å². The van der Waals surface area contributed by atoms with Crippen molar-refractivity contribution < 1.29 is 9.47 Å². The second kappa shape index (κ2) is 5.78. The zero-order valence-electron chi connectivity index (χ0n) is 7.25. The molecule has 1 rings (SSSR count). The van der Waals surface area contributed by atoms with Gasteiger partial charge >= 0.3 is 0 Å². The van der Waals surface area contributed by atoms with E-state index in [0.29, 0.717) is 10.3 Å². The van der Waals surface area contributed by atoms with Gasteiger partial charge in [0.1, 0.15) is 0 Å². The summed E-state index contributed by atoms with van der Waals surface area (Å²) in [6.45, 7) is 2.52.